The van der Waals surface area contributed by atoms with Crippen LogP contribution in [-0.2, 0) is 6.54 Å². The number of nitrogens with zero attached hydrogens (tertiary/aromatic N) is 1. The Morgan fingerprint density at radius 2 is 1.89 bits per heavy atom. The van der Waals surface area contributed by atoms with Crippen molar-refractivity contribution in [3.8, 4) is 5.75 Å². The van der Waals surface area contributed by atoms with Crippen molar-refractivity contribution in [2.45, 2.75) is 25.4 Å². The van der Waals surface area contributed by atoms with Crippen LogP contribution in [0.4, 0.5) is 0 Å². The molecule has 0 aliphatic carbocycles. The molecule has 0 spiro atoms. The van der Waals surface area contributed by atoms with Gasteiger partial charge in [-0.3, -0.25) is 9.69 Å². The van der Waals surface area contributed by atoms with E-state index < -0.39 is 0 Å². The lowest BCUT2D eigenvalue weighted by atomic mass is 10.0. The van der Waals surface area contributed by atoms with Crippen molar-refractivity contribution >= 4 is 16.9 Å². The number of ether oxygens (including phenoxy) is 1. The molecule has 5 nitrogen and oxygen atoms in total. The number of nitrogens with one attached hydrogen (secondary N) is 1. The number of hydrogen-bond acceptors (Lipinski definition) is 4. The van der Waals surface area contributed by atoms with E-state index in [0.29, 0.717) is 5.76 Å². The SMILES string of the molecule is COc1ccc(CN2CCC(NC(=O)c3cc4ccccc4o3)CC2)cc1. The van der Waals surface area contributed by atoms with Crippen LogP contribution in [0.15, 0.2) is 59.0 Å². The zero-order chi connectivity index (χ0) is 18.6. The molecule has 0 bridgehead atoms. The predicted octanol–water partition coefficient (Wildman–Crippen LogP) is 3.84. The molecule has 2 aromatic carbocycles. The molecule has 1 amide bonds. The lowest BCUT2D eigenvalue weighted by Crippen LogP contribution is -2.44. The van der Waals surface area contributed by atoms with Crippen molar-refractivity contribution in [2.24, 2.45) is 0 Å². The topological polar surface area (TPSA) is 54.7 Å². The van der Waals surface area contributed by atoms with Crippen molar-refractivity contribution in [2.75, 3.05) is 20.2 Å². The summed E-state index contributed by atoms with van der Waals surface area (Å²) in [6.45, 7) is 2.86. The van der Waals surface area contributed by atoms with E-state index in [1.165, 1.54) is 5.56 Å². The molecule has 1 fully saturated rings. The van der Waals surface area contributed by atoms with Gasteiger partial charge in [-0.05, 0) is 42.7 Å². The summed E-state index contributed by atoms with van der Waals surface area (Å²) in [4.78, 5) is 14.9. The maximum absolute atomic E-state index is 12.5. The number of piperidine rings is 1. The van der Waals surface area contributed by atoms with E-state index in [4.69, 9.17) is 9.15 Å². The maximum atomic E-state index is 12.5. The van der Waals surface area contributed by atoms with Gasteiger partial charge in [-0.2, -0.15) is 0 Å². The summed E-state index contributed by atoms with van der Waals surface area (Å²) < 4.78 is 10.9. The van der Waals surface area contributed by atoms with E-state index in [2.05, 4.69) is 22.3 Å². The molecule has 4 rings (SSSR count). The first kappa shape index (κ1) is 17.6. The van der Waals surface area contributed by atoms with Gasteiger partial charge in [-0.1, -0.05) is 30.3 Å². The Kier molecular flexibility index (Phi) is 5.12. The number of fused-ring (bicyclic) bond motifs is 1. The van der Waals surface area contributed by atoms with E-state index >= 15 is 0 Å². The van der Waals surface area contributed by atoms with Gasteiger partial charge in [0, 0.05) is 31.1 Å². The zero-order valence-corrected chi connectivity index (χ0v) is 15.5. The van der Waals surface area contributed by atoms with E-state index in [-0.39, 0.29) is 11.9 Å². The molecule has 1 aromatic heterocycles. The number of benzene rings is 2. The number of furan rings is 1. The highest BCUT2D eigenvalue weighted by Gasteiger charge is 2.22. The van der Waals surface area contributed by atoms with Crippen LogP contribution in [0.1, 0.15) is 29.0 Å². The van der Waals surface area contributed by atoms with Gasteiger partial charge in [-0.25, -0.2) is 0 Å². The van der Waals surface area contributed by atoms with Crippen molar-refractivity contribution < 1.29 is 13.9 Å². The summed E-state index contributed by atoms with van der Waals surface area (Å²) >= 11 is 0. The molecule has 1 aliphatic heterocycles. The minimum absolute atomic E-state index is 0.125. The lowest BCUT2D eigenvalue weighted by Gasteiger charge is -2.32. The zero-order valence-electron chi connectivity index (χ0n) is 15.5. The third kappa shape index (κ3) is 4.14. The van der Waals surface area contributed by atoms with Crippen molar-refractivity contribution in [3.05, 3.63) is 65.9 Å². The Morgan fingerprint density at radius 3 is 2.59 bits per heavy atom. The van der Waals surface area contributed by atoms with Crippen LogP contribution in [-0.4, -0.2) is 37.0 Å². The van der Waals surface area contributed by atoms with Gasteiger partial charge in [0.15, 0.2) is 5.76 Å². The van der Waals surface area contributed by atoms with Crippen LogP contribution in [0.5, 0.6) is 5.75 Å². The first-order valence-electron chi connectivity index (χ1n) is 9.36. The van der Waals surface area contributed by atoms with E-state index in [0.717, 1.165) is 49.2 Å². The first-order chi connectivity index (χ1) is 13.2. The van der Waals surface area contributed by atoms with Gasteiger partial charge in [0.2, 0.25) is 0 Å². The summed E-state index contributed by atoms with van der Waals surface area (Å²) in [5.74, 6) is 1.14. The molecular formula is C22H24N2O3. The molecule has 0 atom stereocenters. The molecule has 1 N–H and O–H groups in total. The molecule has 3 aromatic rings. The maximum Gasteiger partial charge on any atom is 0.287 e. The average molecular weight is 364 g/mol. The summed E-state index contributed by atoms with van der Waals surface area (Å²) in [5, 5.41) is 4.08. The molecule has 2 heterocycles. The molecule has 5 heteroatoms. The molecule has 0 saturated carbocycles. The third-order valence-corrected chi connectivity index (χ3v) is 5.14. The number of hydrogen-bond donors (Lipinski definition) is 1. The number of amides is 1. The fourth-order valence-electron chi connectivity index (χ4n) is 3.57. The normalized spacial score (nSPS) is 15.7. The van der Waals surface area contributed by atoms with Crippen molar-refractivity contribution in [1.82, 2.24) is 10.2 Å². The molecule has 1 aliphatic rings. The fraction of sp³-hybridized carbons (Fsp3) is 0.318. The standard InChI is InChI=1S/C22H24N2O3/c1-26-19-8-6-16(7-9-19)15-24-12-10-18(11-13-24)23-22(25)21-14-17-4-2-3-5-20(17)27-21/h2-9,14,18H,10-13,15H2,1H3,(H,23,25). The Bertz CT molecular complexity index is 876. The first-order valence-corrected chi connectivity index (χ1v) is 9.36. The minimum atomic E-state index is -0.125. The Labute approximate surface area is 158 Å². The second-order valence-electron chi connectivity index (χ2n) is 7.02. The highest BCUT2D eigenvalue weighted by molar-refractivity contribution is 5.96. The van der Waals surface area contributed by atoms with E-state index in [1.54, 1.807) is 7.11 Å². The smallest absolute Gasteiger partial charge is 0.287 e. The number of rotatable bonds is 5. The summed E-state index contributed by atoms with van der Waals surface area (Å²) in [6.07, 6.45) is 1.89. The Balaban J connectivity index is 1.29. The molecular weight excluding hydrogens is 340 g/mol. The minimum Gasteiger partial charge on any atom is -0.497 e. The van der Waals surface area contributed by atoms with Crippen molar-refractivity contribution in [3.63, 3.8) is 0 Å². The Morgan fingerprint density at radius 1 is 1.15 bits per heavy atom. The van der Waals surface area contributed by atoms with Crippen LogP contribution >= 0.6 is 0 Å². The summed E-state index contributed by atoms with van der Waals surface area (Å²) in [5.41, 5.74) is 2.03. The summed E-state index contributed by atoms with van der Waals surface area (Å²) in [7, 11) is 1.68. The number of para-hydroxylation sites is 1. The van der Waals surface area contributed by atoms with Crippen LogP contribution in [0.2, 0.25) is 0 Å². The number of carbonyl (C=O) groups is 1. The van der Waals surface area contributed by atoms with Crippen LogP contribution in [0, 0.1) is 0 Å². The highest BCUT2D eigenvalue weighted by Crippen LogP contribution is 2.20. The molecule has 1 saturated heterocycles. The van der Waals surface area contributed by atoms with Gasteiger partial charge in [0.25, 0.3) is 5.91 Å². The Hall–Kier alpha value is -2.79. The number of carbonyl (C=O) groups excluding carboxylic acids is 1. The molecule has 27 heavy (non-hydrogen) atoms. The van der Waals surface area contributed by atoms with Gasteiger partial charge in [-0.15, -0.1) is 0 Å². The van der Waals surface area contributed by atoms with Gasteiger partial charge in [0.1, 0.15) is 11.3 Å². The van der Waals surface area contributed by atoms with Gasteiger partial charge < -0.3 is 14.5 Å². The average Bonchev–Trinajstić information content (AvgIpc) is 3.14. The lowest BCUT2D eigenvalue weighted by molar-refractivity contribution is 0.0883. The quantitative estimate of drug-likeness (QED) is 0.747. The predicted molar refractivity (Wildman–Crippen MR) is 105 cm³/mol. The van der Waals surface area contributed by atoms with E-state index in [9.17, 15) is 4.79 Å². The van der Waals surface area contributed by atoms with Crippen molar-refractivity contribution in [1.29, 1.82) is 0 Å². The molecule has 0 unspecified atom stereocenters. The van der Waals surface area contributed by atoms with Gasteiger partial charge in [0.05, 0.1) is 7.11 Å². The second-order valence-corrected chi connectivity index (χ2v) is 7.02. The van der Waals surface area contributed by atoms with Gasteiger partial charge >= 0.3 is 0 Å². The molecule has 0 radical (unpaired) electrons. The monoisotopic (exact) mass is 364 g/mol. The third-order valence-electron chi connectivity index (χ3n) is 5.14. The largest absolute Gasteiger partial charge is 0.497 e. The van der Waals surface area contributed by atoms with Crippen LogP contribution < -0.4 is 10.1 Å². The molecule has 140 valence electrons. The van der Waals surface area contributed by atoms with Crippen LogP contribution in [0.3, 0.4) is 0 Å². The number of methoxy groups -OCH3 is 1. The van der Waals surface area contributed by atoms with Crippen LogP contribution in [0.25, 0.3) is 11.0 Å². The second kappa shape index (κ2) is 7.84. The number of likely N-dealkylation sites (tertiary alicyclic amines) is 1. The highest BCUT2D eigenvalue weighted by atomic mass is 16.5. The van der Waals surface area contributed by atoms with E-state index in [1.807, 2.05) is 42.5 Å². The fourth-order valence-corrected chi connectivity index (χ4v) is 3.57. The summed E-state index contributed by atoms with van der Waals surface area (Å²) in [6, 6.07) is 17.9.